The van der Waals surface area contributed by atoms with Gasteiger partial charge in [0.2, 0.25) is 0 Å². The number of carbonyl (C=O) groups is 1. The van der Waals surface area contributed by atoms with Gasteiger partial charge in [-0.2, -0.15) is 5.10 Å². The first-order chi connectivity index (χ1) is 12.0. The highest BCUT2D eigenvalue weighted by Crippen LogP contribution is 2.25. The molecule has 0 amide bonds. The number of ether oxygens (including phenoxy) is 1. The molecule has 2 aromatic carbocycles. The van der Waals surface area contributed by atoms with Crippen molar-refractivity contribution < 1.29 is 14.6 Å². The fourth-order valence-corrected chi connectivity index (χ4v) is 2.93. The largest absolute Gasteiger partial charge is 0.496 e. The van der Waals surface area contributed by atoms with Gasteiger partial charge in [0.15, 0.2) is 0 Å². The molecule has 0 spiro atoms. The third-order valence-corrected chi connectivity index (χ3v) is 4.55. The number of thioether (sulfide) groups is 1. The topological polar surface area (TPSA) is 70.9 Å². The molecule has 0 aromatic heterocycles. The van der Waals surface area contributed by atoms with Crippen LogP contribution < -0.4 is 10.2 Å². The van der Waals surface area contributed by atoms with E-state index in [1.807, 2.05) is 56.3 Å². The first-order valence-electron chi connectivity index (χ1n) is 7.83. The van der Waals surface area contributed by atoms with Gasteiger partial charge in [0.05, 0.1) is 24.3 Å². The summed E-state index contributed by atoms with van der Waals surface area (Å²) in [7, 11) is 1.61. The Morgan fingerprint density at radius 2 is 1.96 bits per heavy atom. The number of methoxy groups -OCH3 is 1. The molecule has 25 heavy (non-hydrogen) atoms. The monoisotopic (exact) mass is 358 g/mol. The summed E-state index contributed by atoms with van der Waals surface area (Å²) >= 11 is 1.34. The van der Waals surface area contributed by atoms with Crippen LogP contribution in [0.25, 0.3) is 0 Å². The normalized spacial score (nSPS) is 11.2. The number of anilines is 1. The summed E-state index contributed by atoms with van der Waals surface area (Å²) in [6.07, 6.45) is 0. The number of aryl methyl sites for hydroxylation is 1. The number of nitrogens with one attached hydrogen (secondary N) is 1. The zero-order chi connectivity index (χ0) is 18.2. The number of benzene rings is 2. The lowest BCUT2D eigenvalue weighted by Gasteiger charge is -2.11. The SMILES string of the molecule is COc1ccc(/C(C)=N\Nc2ccc(C)cc2)cc1CSCC(=O)O. The summed E-state index contributed by atoms with van der Waals surface area (Å²) in [4.78, 5) is 10.7. The Labute approximate surface area is 152 Å². The maximum absolute atomic E-state index is 10.7. The third kappa shape index (κ3) is 5.83. The van der Waals surface area contributed by atoms with E-state index in [-0.39, 0.29) is 5.75 Å². The second kappa shape index (κ2) is 9.13. The molecule has 0 radical (unpaired) electrons. The van der Waals surface area contributed by atoms with Crippen LogP contribution >= 0.6 is 11.8 Å². The fourth-order valence-electron chi connectivity index (χ4n) is 2.21. The Hall–Kier alpha value is -2.47. The van der Waals surface area contributed by atoms with Gasteiger partial charge < -0.3 is 9.84 Å². The van der Waals surface area contributed by atoms with Crippen molar-refractivity contribution in [2.45, 2.75) is 19.6 Å². The molecule has 6 heteroatoms. The van der Waals surface area contributed by atoms with Gasteiger partial charge in [-0.1, -0.05) is 17.7 Å². The molecule has 2 N–H and O–H groups in total. The van der Waals surface area contributed by atoms with Crippen LogP contribution in [-0.2, 0) is 10.5 Å². The van der Waals surface area contributed by atoms with Crippen molar-refractivity contribution in [3.8, 4) is 5.75 Å². The van der Waals surface area contributed by atoms with E-state index < -0.39 is 5.97 Å². The smallest absolute Gasteiger partial charge is 0.313 e. The molecule has 132 valence electrons. The number of aliphatic carboxylic acids is 1. The molecule has 0 saturated heterocycles. The van der Waals surface area contributed by atoms with Crippen LogP contribution in [0.2, 0.25) is 0 Å². The molecule has 0 fully saturated rings. The minimum atomic E-state index is -0.819. The minimum absolute atomic E-state index is 0.0649. The number of carboxylic acids is 1. The van der Waals surface area contributed by atoms with Crippen LogP contribution in [0.5, 0.6) is 5.75 Å². The highest BCUT2D eigenvalue weighted by atomic mass is 32.2. The van der Waals surface area contributed by atoms with Crippen molar-refractivity contribution in [3.05, 3.63) is 59.2 Å². The Balaban J connectivity index is 2.12. The molecule has 0 atom stereocenters. The van der Waals surface area contributed by atoms with E-state index in [2.05, 4.69) is 10.5 Å². The van der Waals surface area contributed by atoms with Crippen molar-refractivity contribution >= 4 is 29.1 Å². The average molecular weight is 358 g/mol. The van der Waals surface area contributed by atoms with Crippen LogP contribution in [0.1, 0.15) is 23.6 Å². The highest BCUT2D eigenvalue weighted by molar-refractivity contribution is 7.99. The van der Waals surface area contributed by atoms with Crippen LogP contribution in [0.4, 0.5) is 5.69 Å². The van der Waals surface area contributed by atoms with Crippen LogP contribution in [0.15, 0.2) is 47.6 Å². The lowest BCUT2D eigenvalue weighted by Crippen LogP contribution is -2.03. The van der Waals surface area contributed by atoms with Gasteiger partial charge in [-0.05, 0) is 49.7 Å². The summed E-state index contributed by atoms with van der Waals surface area (Å²) in [5.41, 5.74) is 7.94. The fraction of sp³-hybridized carbons (Fsp3) is 0.263. The second-order valence-electron chi connectivity index (χ2n) is 5.59. The van der Waals surface area contributed by atoms with Crippen molar-refractivity contribution in [3.63, 3.8) is 0 Å². The summed E-state index contributed by atoms with van der Waals surface area (Å²) in [5, 5.41) is 13.2. The van der Waals surface area contributed by atoms with Gasteiger partial charge >= 0.3 is 5.97 Å². The molecule has 0 aliphatic heterocycles. The van der Waals surface area contributed by atoms with E-state index in [4.69, 9.17) is 9.84 Å². The zero-order valence-corrected chi connectivity index (χ0v) is 15.4. The molecule has 2 rings (SSSR count). The number of nitrogens with zero attached hydrogens (tertiary/aromatic N) is 1. The molecule has 0 aliphatic rings. The summed E-state index contributed by atoms with van der Waals surface area (Å²) < 4.78 is 5.36. The van der Waals surface area contributed by atoms with Crippen molar-refractivity contribution in [1.82, 2.24) is 0 Å². The maximum Gasteiger partial charge on any atom is 0.313 e. The molecule has 0 unspecified atom stereocenters. The van der Waals surface area contributed by atoms with E-state index >= 15 is 0 Å². The second-order valence-corrected chi connectivity index (χ2v) is 6.57. The van der Waals surface area contributed by atoms with Crippen molar-refractivity contribution in [2.24, 2.45) is 5.10 Å². The Kier molecular flexibility index (Phi) is 6.89. The number of rotatable bonds is 8. The predicted octanol–water partition coefficient (Wildman–Crippen LogP) is 4.16. The number of hydrogen-bond acceptors (Lipinski definition) is 5. The zero-order valence-electron chi connectivity index (χ0n) is 14.6. The van der Waals surface area contributed by atoms with Crippen molar-refractivity contribution in [2.75, 3.05) is 18.3 Å². The summed E-state index contributed by atoms with van der Waals surface area (Å²) in [5.74, 6) is 0.568. The Morgan fingerprint density at radius 1 is 1.24 bits per heavy atom. The average Bonchev–Trinajstić information content (AvgIpc) is 2.60. The standard InChI is InChI=1S/C19H22N2O3S/c1-13-4-7-17(8-5-13)21-20-14(2)15-6-9-18(24-3)16(10-15)11-25-12-19(22)23/h4-10,21H,11-12H2,1-3H3,(H,22,23)/b20-14-. The molecule has 5 nitrogen and oxygen atoms in total. The highest BCUT2D eigenvalue weighted by Gasteiger charge is 2.08. The Bertz CT molecular complexity index is 758. The Morgan fingerprint density at radius 3 is 2.60 bits per heavy atom. The van der Waals surface area contributed by atoms with Crippen LogP contribution in [0, 0.1) is 6.92 Å². The first kappa shape index (κ1) is 18.9. The van der Waals surface area contributed by atoms with Crippen molar-refractivity contribution in [1.29, 1.82) is 0 Å². The molecule has 0 heterocycles. The van der Waals surface area contributed by atoms with Gasteiger partial charge in [-0.15, -0.1) is 11.8 Å². The minimum Gasteiger partial charge on any atom is -0.496 e. The van der Waals surface area contributed by atoms with Gasteiger partial charge in [0.25, 0.3) is 0 Å². The van der Waals surface area contributed by atoms with Gasteiger partial charge in [-0.25, -0.2) is 0 Å². The number of hydrazone groups is 1. The number of hydrogen-bond donors (Lipinski definition) is 2. The van der Waals surface area contributed by atoms with Gasteiger partial charge in [0.1, 0.15) is 5.75 Å². The van der Waals surface area contributed by atoms with E-state index in [9.17, 15) is 4.79 Å². The van der Waals surface area contributed by atoms with E-state index in [0.717, 1.165) is 28.3 Å². The summed E-state index contributed by atoms with van der Waals surface area (Å²) in [6.45, 7) is 3.97. The molecule has 0 bridgehead atoms. The third-order valence-electron chi connectivity index (χ3n) is 3.59. The molecular weight excluding hydrogens is 336 g/mol. The van der Waals surface area contributed by atoms with E-state index in [1.165, 1.54) is 17.3 Å². The van der Waals surface area contributed by atoms with Crippen LogP contribution in [0.3, 0.4) is 0 Å². The maximum atomic E-state index is 10.7. The lowest BCUT2D eigenvalue weighted by atomic mass is 10.1. The summed E-state index contributed by atoms with van der Waals surface area (Å²) in [6, 6.07) is 13.8. The molecule has 0 saturated carbocycles. The first-order valence-corrected chi connectivity index (χ1v) is 8.99. The lowest BCUT2D eigenvalue weighted by molar-refractivity contribution is -0.133. The van der Waals surface area contributed by atoms with Gasteiger partial charge in [-0.3, -0.25) is 10.2 Å². The van der Waals surface area contributed by atoms with E-state index in [0.29, 0.717) is 5.75 Å². The molecule has 0 aliphatic carbocycles. The van der Waals surface area contributed by atoms with Crippen LogP contribution in [-0.4, -0.2) is 29.7 Å². The molecular formula is C19H22N2O3S. The predicted molar refractivity (Wildman–Crippen MR) is 104 cm³/mol. The van der Waals surface area contributed by atoms with Gasteiger partial charge in [0, 0.05) is 11.3 Å². The quantitative estimate of drug-likeness (QED) is 0.548. The molecule has 2 aromatic rings. The number of carboxylic acid groups (broad SMARTS) is 1. The van der Waals surface area contributed by atoms with E-state index in [1.54, 1.807) is 7.11 Å².